The van der Waals surface area contributed by atoms with Gasteiger partial charge >= 0.3 is 5.97 Å². The third-order valence-corrected chi connectivity index (χ3v) is 3.35. The highest BCUT2D eigenvalue weighted by Gasteiger charge is 2.43. The van der Waals surface area contributed by atoms with Crippen molar-refractivity contribution in [3.63, 3.8) is 0 Å². The molecule has 3 nitrogen and oxygen atoms in total. The highest BCUT2D eigenvalue weighted by molar-refractivity contribution is 5.80. The molecule has 1 aliphatic carbocycles. The molecule has 3 heteroatoms. The Kier molecular flexibility index (Phi) is 1.99. The van der Waals surface area contributed by atoms with Gasteiger partial charge in [0, 0.05) is 18.3 Å². The van der Waals surface area contributed by atoms with Crippen LogP contribution in [0.15, 0.2) is 36.5 Å². The monoisotopic (exact) mass is 215 g/mol. The number of hydrogen-bond acceptors (Lipinski definition) is 1. The number of para-hydroxylation sites is 1. The van der Waals surface area contributed by atoms with Gasteiger partial charge in [-0.3, -0.25) is 4.79 Å². The highest BCUT2D eigenvalue weighted by Crippen LogP contribution is 2.40. The number of benzene rings is 1. The van der Waals surface area contributed by atoms with Crippen molar-refractivity contribution in [1.29, 1.82) is 0 Å². The number of carboxylic acid groups (broad SMARTS) is 1. The molecule has 0 aliphatic heterocycles. The number of rotatable bonds is 3. The predicted molar refractivity (Wildman–Crippen MR) is 61.2 cm³/mol. The second-order valence-electron chi connectivity index (χ2n) is 4.47. The van der Waals surface area contributed by atoms with Gasteiger partial charge in [-0.15, -0.1) is 0 Å². The molecule has 0 unspecified atom stereocenters. The predicted octanol–water partition coefficient (Wildman–Crippen LogP) is 2.36. The standard InChI is InChI=1S/C13H13NO2/c15-13(16)11-7-10(11)8-14-6-5-9-3-1-2-4-12(9)14/h1-6,10-11H,7-8H2,(H,15,16)/t10-,11+/m0/s1. The first kappa shape index (κ1) is 9.46. The minimum atomic E-state index is -0.651. The Balaban J connectivity index is 1.83. The third kappa shape index (κ3) is 1.48. The van der Waals surface area contributed by atoms with Gasteiger partial charge in [0.15, 0.2) is 0 Å². The van der Waals surface area contributed by atoms with E-state index in [0.717, 1.165) is 13.0 Å². The van der Waals surface area contributed by atoms with Crippen LogP contribution in [0.1, 0.15) is 6.42 Å². The summed E-state index contributed by atoms with van der Waals surface area (Å²) in [4.78, 5) is 10.8. The molecular weight excluding hydrogens is 202 g/mol. The minimum absolute atomic E-state index is 0.124. The Bertz CT molecular complexity index is 544. The molecule has 16 heavy (non-hydrogen) atoms. The van der Waals surface area contributed by atoms with Crippen molar-refractivity contribution in [2.75, 3.05) is 0 Å². The van der Waals surface area contributed by atoms with Crippen LogP contribution in [0.5, 0.6) is 0 Å². The zero-order valence-electron chi connectivity index (χ0n) is 8.84. The topological polar surface area (TPSA) is 42.2 Å². The maximum Gasteiger partial charge on any atom is 0.306 e. The molecule has 0 amide bonds. The maximum absolute atomic E-state index is 10.8. The molecule has 1 saturated carbocycles. The summed E-state index contributed by atoms with van der Waals surface area (Å²) < 4.78 is 2.16. The molecule has 2 aromatic rings. The molecule has 0 radical (unpaired) electrons. The Labute approximate surface area is 93.3 Å². The summed E-state index contributed by atoms with van der Waals surface area (Å²) in [5, 5.41) is 10.1. The Morgan fingerprint density at radius 1 is 1.38 bits per heavy atom. The van der Waals surface area contributed by atoms with Crippen molar-refractivity contribution >= 4 is 16.9 Å². The van der Waals surface area contributed by atoms with Crippen molar-refractivity contribution in [2.24, 2.45) is 11.8 Å². The van der Waals surface area contributed by atoms with Crippen LogP contribution in [0.25, 0.3) is 10.9 Å². The van der Waals surface area contributed by atoms with Crippen molar-refractivity contribution in [1.82, 2.24) is 4.57 Å². The largest absolute Gasteiger partial charge is 0.481 e. The van der Waals surface area contributed by atoms with E-state index in [1.54, 1.807) is 0 Å². The van der Waals surface area contributed by atoms with Gasteiger partial charge in [0.05, 0.1) is 5.92 Å². The normalized spacial score (nSPS) is 23.5. The number of carboxylic acids is 1. The fraction of sp³-hybridized carbons (Fsp3) is 0.308. The van der Waals surface area contributed by atoms with Gasteiger partial charge in [0.25, 0.3) is 0 Å². The molecule has 1 aliphatic rings. The Hall–Kier alpha value is -1.77. The number of hydrogen-bond donors (Lipinski definition) is 1. The van der Waals surface area contributed by atoms with Crippen molar-refractivity contribution in [3.05, 3.63) is 36.5 Å². The van der Waals surface area contributed by atoms with E-state index < -0.39 is 5.97 Å². The van der Waals surface area contributed by atoms with Gasteiger partial charge < -0.3 is 9.67 Å². The molecule has 1 aromatic heterocycles. The van der Waals surface area contributed by atoms with Crippen LogP contribution in [0.4, 0.5) is 0 Å². The van der Waals surface area contributed by atoms with E-state index in [1.165, 1.54) is 10.9 Å². The van der Waals surface area contributed by atoms with Gasteiger partial charge in [-0.25, -0.2) is 0 Å². The zero-order valence-corrected chi connectivity index (χ0v) is 8.84. The lowest BCUT2D eigenvalue weighted by Crippen LogP contribution is -2.04. The van der Waals surface area contributed by atoms with Gasteiger partial charge in [0.1, 0.15) is 0 Å². The second kappa shape index (κ2) is 3.37. The SMILES string of the molecule is O=C(O)[C@@H]1C[C@H]1Cn1ccc2ccccc21. The molecule has 1 N–H and O–H groups in total. The molecule has 1 heterocycles. The molecule has 82 valence electrons. The summed E-state index contributed by atoms with van der Waals surface area (Å²) in [7, 11) is 0. The van der Waals surface area contributed by atoms with Crippen LogP contribution in [-0.2, 0) is 11.3 Å². The molecule has 0 bridgehead atoms. The van der Waals surface area contributed by atoms with Crippen LogP contribution < -0.4 is 0 Å². The molecule has 2 atom stereocenters. The molecule has 1 aromatic carbocycles. The lowest BCUT2D eigenvalue weighted by atomic mass is 10.2. The highest BCUT2D eigenvalue weighted by atomic mass is 16.4. The van der Waals surface area contributed by atoms with E-state index in [1.807, 2.05) is 18.3 Å². The third-order valence-electron chi connectivity index (χ3n) is 3.35. The second-order valence-corrected chi connectivity index (χ2v) is 4.47. The average molecular weight is 215 g/mol. The number of aromatic nitrogens is 1. The summed E-state index contributed by atoms with van der Waals surface area (Å²) in [6, 6.07) is 10.3. The Morgan fingerprint density at radius 2 is 2.19 bits per heavy atom. The van der Waals surface area contributed by atoms with Gasteiger partial charge in [-0.1, -0.05) is 18.2 Å². The quantitative estimate of drug-likeness (QED) is 0.854. The van der Waals surface area contributed by atoms with Crippen LogP contribution in [0.3, 0.4) is 0 Å². The molecule has 1 fully saturated rings. The van der Waals surface area contributed by atoms with Crippen LogP contribution in [0.2, 0.25) is 0 Å². The summed E-state index contributed by atoms with van der Waals surface area (Å²) in [6.45, 7) is 0.824. The maximum atomic E-state index is 10.8. The van der Waals surface area contributed by atoms with Gasteiger partial charge in [-0.2, -0.15) is 0 Å². The average Bonchev–Trinajstić information content (AvgIpc) is 2.93. The van der Waals surface area contributed by atoms with E-state index in [2.05, 4.69) is 22.8 Å². The van der Waals surface area contributed by atoms with Crippen molar-refractivity contribution in [3.8, 4) is 0 Å². The summed E-state index contributed by atoms with van der Waals surface area (Å²) in [6.07, 6.45) is 2.86. The van der Waals surface area contributed by atoms with Crippen molar-refractivity contribution in [2.45, 2.75) is 13.0 Å². The van der Waals surface area contributed by atoms with Gasteiger partial charge in [0.2, 0.25) is 0 Å². The van der Waals surface area contributed by atoms with E-state index in [4.69, 9.17) is 5.11 Å². The van der Waals surface area contributed by atoms with E-state index in [0.29, 0.717) is 5.92 Å². The molecule has 0 spiro atoms. The lowest BCUT2D eigenvalue weighted by Gasteiger charge is -2.03. The molecule has 3 rings (SSSR count). The Morgan fingerprint density at radius 3 is 2.94 bits per heavy atom. The first-order valence-electron chi connectivity index (χ1n) is 5.52. The molecule has 0 saturated heterocycles. The fourth-order valence-electron chi connectivity index (χ4n) is 2.30. The van der Waals surface area contributed by atoms with E-state index in [-0.39, 0.29) is 5.92 Å². The molecular formula is C13H13NO2. The van der Waals surface area contributed by atoms with Crippen LogP contribution >= 0.6 is 0 Å². The van der Waals surface area contributed by atoms with Crippen LogP contribution in [-0.4, -0.2) is 15.6 Å². The first-order chi connectivity index (χ1) is 7.75. The minimum Gasteiger partial charge on any atom is -0.481 e. The first-order valence-corrected chi connectivity index (χ1v) is 5.52. The smallest absolute Gasteiger partial charge is 0.306 e. The summed E-state index contributed by atoms with van der Waals surface area (Å²) in [5.41, 5.74) is 1.19. The summed E-state index contributed by atoms with van der Waals surface area (Å²) >= 11 is 0. The van der Waals surface area contributed by atoms with E-state index >= 15 is 0 Å². The number of carbonyl (C=O) groups is 1. The van der Waals surface area contributed by atoms with E-state index in [9.17, 15) is 4.79 Å². The fourth-order valence-corrected chi connectivity index (χ4v) is 2.30. The van der Waals surface area contributed by atoms with Crippen LogP contribution in [0, 0.1) is 11.8 Å². The van der Waals surface area contributed by atoms with Crippen molar-refractivity contribution < 1.29 is 9.90 Å². The number of fused-ring (bicyclic) bond motifs is 1. The lowest BCUT2D eigenvalue weighted by molar-refractivity contribution is -0.138. The number of aliphatic carboxylic acids is 1. The van der Waals surface area contributed by atoms with Gasteiger partial charge in [-0.05, 0) is 29.9 Å². The number of nitrogens with zero attached hydrogens (tertiary/aromatic N) is 1. The zero-order chi connectivity index (χ0) is 11.1. The summed E-state index contributed by atoms with van der Waals surface area (Å²) in [5.74, 6) is -0.462.